The molecule has 160 valence electrons. The van der Waals surface area contributed by atoms with Crippen LogP contribution in [0.2, 0.25) is 0 Å². The molecule has 30 heavy (non-hydrogen) atoms. The summed E-state index contributed by atoms with van der Waals surface area (Å²) in [5.41, 5.74) is 4.98. The number of anilines is 1. The number of carbonyl (C=O) groups is 1. The van der Waals surface area contributed by atoms with Crippen molar-refractivity contribution in [2.24, 2.45) is 0 Å². The number of aliphatic carboxylic acids is 1. The summed E-state index contributed by atoms with van der Waals surface area (Å²) in [6, 6.07) is 15.7. The van der Waals surface area contributed by atoms with Crippen LogP contribution in [0.25, 0.3) is 0 Å². The number of unbranched alkanes of at least 4 members (excludes halogenated alkanes) is 1. The number of ether oxygens (including phenoxy) is 1. The quantitative estimate of drug-likeness (QED) is 0.606. The van der Waals surface area contributed by atoms with Crippen LogP contribution in [0.15, 0.2) is 48.5 Å². The van der Waals surface area contributed by atoms with Crippen molar-refractivity contribution < 1.29 is 14.6 Å². The molecule has 5 heteroatoms. The molecular weight excluding hydrogens is 376 g/mol. The standard InChI is InChI=1S/C25H32N2O3/c28-25(29)24(21-8-2-1-3-9-21)27-15-13-22(18-27)30-16-5-4-7-19-11-12-20-10-6-14-26-23(20)17-19/h1-3,8-9,11-12,17,22,24,26H,4-7,10,13-16,18H2,(H,28,29)/t22-,24-/m1/s1. The largest absolute Gasteiger partial charge is 0.480 e. The van der Waals surface area contributed by atoms with Crippen molar-refractivity contribution >= 4 is 11.7 Å². The molecule has 2 aromatic carbocycles. The molecule has 0 unspecified atom stereocenters. The van der Waals surface area contributed by atoms with Crippen LogP contribution in [0.4, 0.5) is 5.69 Å². The van der Waals surface area contributed by atoms with E-state index < -0.39 is 12.0 Å². The number of rotatable bonds is 9. The Kier molecular flexibility index (Phi) is 7.03. The number of hydrogen-bond acceptors (Lipinski definition) is 4. The van der Waals surface area contributed by atoms with E-state index in [0.29, 0.717) is 6.54 Å². The number of hydrogen-bond donors (Lipinski definition) is 2. The number of benzene rings is 2. The molecule has 1 saturated heterocycles. The lowest BCUT2D eigenvalue weighted by Crippen LogP contribution is -2.33. The minimum atomic E-state index is -0.790. The third kappa shape index (κ3) is 5.21. The number of nitrogens with one attached hydrogen (secondary N) is 1. The van der Waals surface area contributed by atoms with Crippen molar-refractivity contribution in [1.82, 2.24) is 4.90 Å². The molecule has 0 aromatic heterocycles. The maximum absolute atomic E-state index is 11.8. The van der Waals surface area contributed by atoms with Crippen LogP contribution < -0.4 is 5.32 Å². The highest BCUT2D eigenvalue weighted by Crippen LogP contribution is 2.27. The summed E-state index contributed by atoms with van der Waals surface area (Å²) in [4.78, 5) is 13.9. The predicted molar refractivity (Wildman–Crippen MR) is 119 cm³/mol. The second-order valence-corrected chi connectivity index (χ2v) is 8.41. The topological polar surface area (TPSA) is 61.8 Å². The van der Waals surface area contributed by atoms with E-state index in [1.54, 1.807) is 0 Å². The lowest BCUT2D eigenvalue weighted by atomic mass is 9.99. The average molecular weight is 409 g/mol. The predicted octanol–water partition coefficient (Wildman–Crippen LogP) is 4.28. The maximum atomic E-state index is 11.8. The van der Waals surface area contributed by atoms with Gasteiger partial charge in [-0.2, -0.15) is 0 Å². The van der Waals surface area contributed by atoms with Crippen LogP contribution in [0.1, 0.15) is 48.4 Å². The zero-order valence-electron chi connectivity index (χ0n) is 17.6. The van der Waals surface area contributed by atoms with E-state index in [1.807, 2.05) is 35.2 Å². The molecule has 2 atom stereocenters. The van der Waals surface area contributed by atoms with Crippen LogP contribution in [0.5, 0.6) is 0 Å². The molecule has 0 radical (unpaired) electrons. The third-order valence-corrected chi connectivity index (χ3v) is 6.22. The fourth-order valence-corrected chi connectivity index (χ4v) is 4.61. The summed E-state index contributed by atoms with van der Waals surface area (Å²) in [6.07, 6.45) is 6.64. The SMILES string of the molecule is O=C(O)[C@@H](c1ccccc1)N1CC[C@@H](OCCCCc2ccc3c(c2)NCCC3)C1. The Hall–Kier alpha value is -2.37. The zero-order valence-corrected chi connectivity index (χ0v) is 17.6. The third-order valence-electron chi connectivity index (χ3n) is 6.22. The first-order valence-corrected chi connectivity index (χ1v) is 11.2. The van der Waals surface area contributed by atoms with Gasteiger partial charge in [0.2, 0.25) is 0 Å². The number of fused-ring (bicyclic) bond motifs is 1. The van der Waals surface area contributed by atoms with Gasteiger partial charge in [0.25, 0.3) is 0 Å². The Balaban J connectivity index is 1.19. The molecule has 0 spiro atoms. The number of aryl methyl sites for hydroxylation is 2. The molecular formula is C25H32N2O3. The molecule has 0 aliphatic carbocycles. The van der Waals surface area contributed by atoms with Crippen LogP contribution in [0, 0.1) is 0 Å². The minimum absolute atomic E-state index is 0.128. The molecule has 2 N–H and O–H groups in total. The summed E-state index contributed by atoms with van der Waals surface area (Å²) in [5.74, 6) is -0.790. The average Bonchev–Trinajstić information content (AvgIpc) is 3.22. The Morgan fingerprint density at radius 1 is 1.20 bits per heavy atom. The first-order chi connectivity index (χ1) is 14.7. The fraction of sp³-hybridized carbons (Fsp3) is 0.480. The van der Waals surface area contributed by atoms with Crippen molar-refractivity contribution in [3.05, 3.63) is 65.2 Å². The summed E-state index contributed by atoms with van der Waals surface area (Å²) in [6.45, 7) is 3.27. The van der Waals surface area contributed by atoms with Gasteiger partial charge >= 0.3 is 5.97 Å². The van der Waals surface area contributed by atoms with Gasteiger partial charge < -0.3 is 15.2 Å². The molecule has 0 amide bonds. The van der Waals surface area contributed by atoms with Gasteiger partial charge in [0.05, 0.1) is 6.10 Å². The molecule has 2 heterocycles. The van der Waals surface area contributed by atoms with Crippen molar-refractivity contribution in [3.8, 4) is 0 Å². The van der Waals surface area contributed by atoms with Gasteiger partial charge in [-0.3, -0.25) is 9.69 Å². The van der Waals surface area contributed by atoms with E-state index in [-0.39, 0.29) is 6.10 Å². The Bertz CT molecular complexity index is 840. The second-order valence-electron chi connectivity index (χ2n) is 8.41. The maximum Gasteiger partial charge on any atom is 0.325 e. The molecule has 2 aromatic rings. The Morgan fingerprint density at radius 2 is 2.07 bits per heavy atom. The van der Waals surface area contributed by atoms with Gasteiger partial charge in [0.15, 0.2) is 0 Å². The Labute approximate surface area is 179 Å². The van der Waals surface area contributed by atoms with Gasteiger partial charge in [0, 0.05) is 31.9 Å². The van der Waals surface area contributed by atoms with Crippen LogP contribution in [0.3, 0.4) is 0 Å². The van der Waals surface area contributed by atoms with Crippen molar-refractivity contribution in [2.75, 3.05) is 31.6 Å². The fourth-order valence-electron chi connectivity index (χ4n) is 4.61. The van der Waals surface area contributed by atoms with E-state index in [9.17, 15) is 9.90 Å². The van der Waals surface area contributed by atoms with Crippen molar-refractivity contribution in [3.63, 3.8) is 0 Å². The van der Waals surface area contributed by atoms with Gasteiger partial charge in [-0.15, -0.1) is 0 Å². The summed E-state index contributed by atoms with van der Waals surface area (Å²) < 4.78 is 6.08. The first kappa shape index (κ1) is 20.9. The second kappa shape index (κ2) is 10.1. The molecule has 0 bridgehead atoms. The first-order valence-electron chi connectivity index (χ1n) is 11.2. The van der Waals surface area contributed by atoms with E-state index >= 15 is 0 Å². The van der Waals surface area contributed by atoms with Crippen LogP contribution >= 0.6 is 0 Å². The van der Waals surface area contributed by atoms with Crippen molar-refractivity contribution in [2.45, 2.75) is 50.7 Å². The highest BCUT2D eigenvalue weighted by Gasteiger charge is 2.33. The smallest absolute Gasteiger partial charge is 0.325 e. The summed E-state index contributed by atoms with van der Waals surface area (Å²) >= 11 is 0. The number of nitrogens with zero attached hydrogens (tertiary/aromatic N) is 1. The van der Waals surface area contributed by atoms with E-state index in [1.165, 1.54) is 29.7 Å². The highest BCUT2D eigenvalue weighted by molar-refractivity contribution is 5.75. The molecule has 2 aliphatic rings. The summed E-state index contributed by atoms with van der Waals surface area (Å²) in [7, 11) is 0. The van der Waals surface area contributed by atoms with E-state index in [2.05, 4.69) is 23.5 Å². The minimum Gasteiger partial charge on any atom is -0.480 e. The van der Waals surface area contributed by atoms with Crippen LogP contribution in [-0.4, -0.2) is 48.3 Å². The normalized spacial score (nSPS) is 19.8. The van der Waals surface area contributed by atoms with Gasteiger partial charge in [0.1, 0.15) is 6.04 Å². The molecule has 1 fully saturated rings. The van der Waals surface area contributed by atoms with Gasteiger partial charge in [-0.1, -0.05) is 42.5 Å². The summed E-state index contributed by atoms with van der Waals surface area (Å²) in [5, 5.41) is 13.2. The lowest BCUT2D eigenvalue weighted by Gasteiger charge is -2.24. The molecule has 4 rings (SSSR count). The number of likely N-dealkylation sites (tertiary alicyclic amines) is 1. The van der Waals surface area contributed by atoms with Gasteiger partial charge in [-0.25, -0.2) is 0 Å². The van der Waals surface area contributed by atoms with Crippen LogP contribution in [-0.2, 0) is 22.4 Å². The molecule has 5 nitrogen and oxygen atoms in total. The zero-order chi connectivity index (χ0) is 20.8. The Morgan fingerprint density at radius 3 is 2.90 bits per heavy atom. The number of carboxylic acid groups (broad SMARTS) is 1. The molecule has 0 saturated carbocycles. The van der Waals surface area contributed by atoms with E-state index in [4.69, 9.17) is 4.74 Å². The monoisotopic (exact) mass is 408 g/mol. The van der Waals surface area contributed by atoms with Gasteiger partial charge in [-0.05, 0) is 61.3 Å². The number of carboxylic acids is 1. The molecule has 2 aliphatic heterocycles. The van der Waals surface area contributed by atoms with Crippen molar-refractivity contribution in [1.29, 1.82) is 0 Å². The highest BCUT2D eigenvalue weighted by atomic mass is 16.5. The van der Waals surface area contributed by atoms with E-state index in [0.717, 1.165) is 50.9 Å². The lowest BCUT2D eigenvalue weighted by molar-refractivity contribution is -0.143.